The van der Waals surface area contributed by atoms with E-state index in [4.69, 9.17) is 0 Å². The minimum absolute atomic E-state index is 0.566. The van der Waals surface area contributed by atoms with Gasteiger partial charge in [-0.15, -0.1) is 11.3 Å². The minimum Gasteiger partial charge on any atom is -0.385 e. The third-order valence-electron chi connectivity index (χ3n) is 3.94. The van der Waals surface area contributed by atoms with Crippen molar-refractivity contribution in [3.8, 4) is 6.07 Å². The second-order valence-electron chi connectivity index (χ2n) is 4.95. The van der Waals surface area contributed by atoms with E-state index in [9.17, 15) is 10.4 Å². The molecule has 0 amide bonds. The van der Waals surface area contributed by atoms with Gasteiger partial charge in [0, 0.05) is 5.38 Å². The number of hydrogen-bond acceptors (Lipinski definition) is 4. The molecular formula is C13H18N2OS. The predicted octanol–water partition coefficient (Wildman–Crippen LogP) is 3.29. The van der Waals surface area contributed by atoms with Crippen molar-refractivity contribution in [3.05, 3.63) is 16.6 Å². The van der Waals surface area contributed by atoms with Gasteiger partial charge >= 0.3 is 0 Å². The van der Waals surface area contributed by atoms with Crippen LogP contribution in [-0.4, -0.2) is 10.1 Å². The van der Waals surface area contributed by atoms with Gasteiger partial charge in [0.05, 0.1) is 22.7 Å². The van der Waals surface area contributed by atoms with Crippen molar-refractivity contribution in [2.24, 2.45) is 11.3 Å². The summed E-state index contributed by atoms with van der Waals surface area (Å²) in [5.41, 5.74) is 1.75. The van der Waals surface area contributed by atoms with Crippen molar-refractivity contribution in [1.82, 2.24) is 4.98 Å². The Bertz CT molecular complexity index is 398. The number of aliphatic hydroxyl groups excluding tert-OH is 1. The Morgan fingerprint density at radius 3 is 3.18 bits per heavy atom. The summed E-state index contributed by atoms with van der Waals surface area (Å²) in [5.74, 6) is 0.566. The molecule has 17 heavy (non-hydrogen) atoms. The molecule has 1 fully saturated rings. The van der Waals surface area contributed by atoms with Crippen molar-refractivity contribution in [1.29, 1.82) is 5.26 Å². The van der Waals surface area contributed by atoms with E-state index in [0.717, 1.165) is 25.7 Å². The fourth-order valence-electron chi connectivity index (χ4n) is 2.82. The van der Waals surface area contributed by atoms with Crippen LogP contribution >= 0.6 is 11.3 Å². The van der Waals surface area contributed by atoms with Gasteiger partial charge in [0.1, 0.15) is 6.10 Å². The fourth-order valence-corrected chi connectivity index (χ4v) is 3.40. The van der Waals surface area contributed by atoms with Crippen LogP contribution in [0.3, 0.4) is 0 Å². The first-order valence-electron chi connectivity index (χ1n) is 6.19. The van der Waals surface area contributed by atoms with Crippen LogP contribution in [0, 0.1) is 22.7 Å². The molecule has 0 bridgehead atoms. The van der Waals surface area contributed by atoms with E-state index >= 15 is 0 Å². The molecule has 0 saturated heterocycles. The summed E-state index contributed by atoms with van der Waals surface area (Å²) in [7, 11) is 0. The Morgan fingerprint density at radius 1 is 1.76 bits per heavy atom. The molecule has 1 N–H and O–H groups in total. The molecule has 1 aromatic heterocycles. The Kier molecular flexibility index (Phi) is 3.80. The zero-order chi connectivity index (χ0) is 12.3. The lowest BCUT2D eigenvalue weighted by Crippen LogP contribution is -2.33. The average Bonchev–Trinajstić information content (AvgIpc) is 2.91. The second kappa shape index (κ2) is 5.16. The molecule has 3 nitrogen and oxygen atoms in total. The highest BCUT2D eigenvalue weighted by molar-refractivity contribution is 7.07. The Morgan fingerprint density at radius 2 is 2.59 bits per heavy atom. The molecular weight excluding hydrogens is 232 g/mol. The van der Waals surface area contributed by atoms with Gasteiger partial charge in [0.2, 0.25) is 0 Å². The Labute approximate surface area is 106 Å². The molecule has 1 aliphatic carbocycles. The van der Waals surface area contributed by atoms with Gasteiger partial charge in [-0.2, -0.15) is 5.26 Å². The minimum atomic E-state index is -0.729. The molecule has 0 aliphatic heterocycles. The summed E-state index contributed by atoms with van der Waals surface area (Å²) < 4.78 is 0. The first-order valence-corrected chi connectivity index (χ1v) is 7.13. The number of rotatable bonds is 3. The van der Waals surface area contributed by atoms with Crippen molar-refractivity contribution in [2.45, 2.75) is 45.1 Å². The molecule has 1 saturated carbocycles. The van der Waals surface area contributed by atoms with Gasteiger partial charge in [-0.3, -0.25) is 0 Å². The van der Waals surface area contributed by atoms with Crippen LogP contribution in [0.25, 0.3) is 0 Å². The van der Waals surface area contributed by atoms with Gasteiger partial charge in [0.25, 0.3) is 0 Å². The van der Waals surface area contributed by atoms with Gasteiger partial charge in [-0.25, -0.2) is 4.98 Å². The first kappa shape index (κ1) is 12.5. The summed E-state index contributed by atoms with van der Waals surface area (Å²) in [6.45, 7) is 2.16. The van der Waals surface area contributed by atoms with E-state index < -0.39 is 11.5 Å². The summed E-state index contributed by atoms with van der Waals surface area (Å²) in [6, 6.07) is 2.38. The van der Waals surface area contributed by atoms with Crippen LogP contribution < -0.4 is 0 Å². The molecule has 1 aliphatic rings. The lowest BCUT2D eigenvalue weighted by atomic mass is 9.66. The maximum Gasteiger partial charge on any atom is 0.115 e. The Hall–Kier alpha value is -0.920. The summed E-state index contributed by atoms with van der Waals surface area (Å²) in [6.07, 6.45) is 4.18. The summed E-state index contributed by atoms with van der Waals surface area (Å²) in [4.78, 5) is 4.15. The van der Waals surface area contributed by atoms with Crippen LogP contribution in [0.4, 0.5) is 0 Å². The lowest BCUT2D eigenvalue weighted by molar-refractivity contribution is 0.0161. The number of nitrogens with zero attached hydrogens (tertiary/aromatic N) is 2. The number of hydrogen-bond donors (Lipinski definition) is 1. The normalized spacial score (nSPS) is 30.8. The molecule has 0 spiro atoms. The molecule has 92 valence electrons. The zero-order valence-electron chi connectivity index (χ0n) is 10.1. The largest absolute Gasteiger partial charge is 0.385 e. The molecule has 3 atom stereocenters. The van der Waals surface area contributed by atoms with E-state index in [1.165, 1.54) is 17.8 Å². The highest BCUT2D eigenvalue weighted by Gasteiger charge is 2.43. The predicted molar refractivity (Wildman–Crippen MR) is 67.4 cm³/mol. The topological polar surface area (TPSA) is 56.9 Å². The molecule has 0 aromatic carbocycles. The zero-order valence-corrected chi connectivity index (χ0v) is 10.9. The SMILES string of the molecule is CCC1CCCC(C#N)(C(O)c2cscn2)C1. The summed E-state index contributed by atoms with van der Waals surface area (Å²) in [5, 5.41) is 21.8. The Balaban J connectivity index is 2.22. The maximum atomic E-state index is 10.4. The molecule has 1 heterocycles. The van der Waals surface area contributed by atoms with Crippen LogP contribution in [-0.2, 0) is 0 Å². The van der Waals surface area contributed by atoms with Gasteiger partial charge in [-0.1, -0.05) is 26.2 Å². The quantitative estimate of drug-likeness (QED) is 0.895. The highest BCUT2D eigenvalue weighted by Crippen LogP contribution is 2.48. The molecule has 3 unspecified atom stereocenters. The van der Waals surface area contributed by atoms with Crippen molar-refractivity contribution in [2.75, 3.05) is 0 Å². The smallest absolute Gasteiger partial charge is 0.115 e. The first-order chi connectivity index (χ1) is 8.22. The van der Waals surface area contributed by atoms with E-state index in [1.54, 1.807) is 5.51 Å². The van der Waals surface area contributed by atoms with Crippen molar-refractivity contribution < 1.29 is 5.11 Å². The van der Waals surface area contributed by atoms with Crippen LogP contribution in [0.2, 0.25) is 0 Å². The standard InChI is InChI=1S/C13H18N2OS/c1-2-10-4-3-5-13(6-10,8-14)12(16)11-7-17-9-15-11/h7,9-10,12,16H,2-6H2,1H3. The molecule has 4 heteroatoms. The maximum absolute atomic E-state index is 10.4. The van der Waals surface area contributed by atoms with Crippen LogP contribution in [0.1, 0.15) is 50.8 Å². The highest BCUT2D eigenvalue weighted by atomic mass is 32.1. The van der Waals surface area contributed by atoms with Gasteiger partial charge in [-0.05, 0) is 18.8 Å². The molecule has 0 radical (unpaired) electrons. The van der Waals surface area contributed by atoms with E-state index in [2.05, 4.69) is 18.0 Å². The number of thiazole rings is 1. The number of nitriles is 1. The van der Waals surface area contributed by atoms with Crippen LogP contribution in [0.15, 0.2) is 10.9 Å². The lowest BCUT2D eigenvalue weighted by Gasteiger charge is -2.38. The number of aromatic nitrogens is 1. The monoisotopic (exact) mass is 250 g/mol. The third-order valence-corrected chi connectivity index (χ3v) is 4.55. The fraction of sp³-hybridized carbons (Fsp3) is 0.692. The van der Waals surface area contributed by atoms with Crippen LogP contribution in [0.5, 0.6) is 0 Å². The summed E-state index contributed by atoms with van der Waals surface area (Å²) >= 11 is 1.47. The van der Waals surface area contributed by atoms with Crippen molar-refractivity contribution in [3.63, 3.8) is 0 Å². The molecule has 1 aromatic rings. The van der Waals surface area contributed by atoms with E-state index in [-0.39, 0.29) is 0 Å². The second-order valence-corrected chi connectivity index (χ2v) is 5.67. The van der Waals surface area contributed by atoms with Gasteiger partial charge < -0.3 is 5.11 Å². The molecule has 2 rings (SSSR count). The third kappa shape index (κ3) is 2.36. The average molecular weight is 250 g/mol. The van der Waals surface area contributed by atoms with Gasteiger partial charge in [0.15, 0.2) is 0 Å². The van der Waals surface area contributed by atoms with E-state index in [1.807, 2.05) is 5.38 Å². The van der Waals surface area contributed by atoms with E-state index in [0.29, 0.717) is 11.6 Å². The number of aliphatic hydroxyl groups is 1. The van der Waals surface area contributed by atoms with Crippen molar-refractivity contribution >= 4 is 11.3 Å².